The number of hydrogen-bond donors (Lipinski definition) is 2. The Morgan fingerprint density at radius 2 is 2.10 bits per heavy atom. The van der Waals surface area contributed by atoms with Gasteiger partial charge in [-0.3, -0.25) is 0 Å². The lowest BCUT2D eigenvalue weighted by molar-refractivity contribution is 0.214. The van der Waals surface area contributed by atoms with Gasteiger partial charge < -0.3 is 5.32 Å². The van der Waals surface area contributed by atoms with E-state index in [1.807, 2.05) is 5.38 Å². The van der Waals surface area contributed by atoms with Gasteiger partial charge in [-0.1, -0.05) is 13.8 Å². The molecule has 1 aromatic heterocycles. The number of nitrogens with one attached hydrogen (secondary N) is 2. The van der Waals surface area contributed by atoms with E-state index in [1.54, 1.807) is 6.07 Å². The molecule has 20 heavy (non-hydrogen) atoms. The fourth-order valence-corrected chi connectivity index (χ4v) is 5.20. The molecule has 1 aliphatic rings. The fourth-order valence-electron chi connectivity index (χ4n) is 2.46. The first-order valence-electron chi connectivity index (χ1n) is 7.33. The normalized spacial score (nSPS) is 17.9. The van der Waals surface area contributed by atoms with E-state index >= 15 is 0 Å². The van der Waals surface area contributed by atoms with Crippen molar-refractivity contribution in [3.63, 3.8) is 0 Å². The Bertz CT molecular complexity index is 528. The highest BCUT2D eigenvalue weighted by Crippen LogP contribution is 2.36. The molecule has 6 heteroatoms. The van der Waals surface area contributed by atoms with Crippen molar-refractivity contribution in [3.8, 4) is 0 Å². The van der Waals surface area contributed by atoms with Crippen LogP contribution in [0.2, 0.25) is 0 Å². The molecule has 4 nitrogen and oxygen atoms in total. The SMILES string of the molecule is CCCNCc1csc(S(=O)(=O)NC2(CC)CCC2)c1. The molecule has 2 rings (SSSR count). The van der Waals surface area contributed by atoms with Gasteiger partial charge in [0.25, 0.3) is 10.0 Å². The van der Waals surface area contributed by atoms with Gasteiger partial charge >= 0.3 is 0 Å². The van der Waals surface area contributed by atoms with Crippen molar-refractivity contribution in [1.82, 2.24) is 10.0 Å². The van der Waals surface area contributed by atoms with Gasteiger partial charge in [0.05, 0.1) is 0 Å². The van der Waals surface area contributed by atoms with Crippen LogP contribution in [-0.2, 0) is 16.6 Å². The summed E-state index contributed by atoms with van der Waals surface area (Å²) in [5, 5.41) is 5.22. The highest BCUT2D eigenvalue weighted by Gasteiger charge is 2.39. The van der Waals surface area contributed by atoms with Gasteiger partial charge in [-0.25, -0.2) is 13.1 Å². The summed E-state index contributed by atoms with van der Waals surface area (Å²) in [6, 6.07) is 1.79. The minimum atomic E-state index is -3.36. The molecule has 1 fully saturated rings. The average molecular weight is 316 g/mol. The van der Waals surface area contributed by atoms with Crippen LogP contribution in [0.1, 0.15) is 51.5 Å². The predicted octanol–water partition coefficient (Wildman–Crippen LogP) is 2.86. The van der Waals surface area contributed by atoms with E-state index in [9.17, 15) is 8.42 Å². The minimum Gasteiger partial charge on any atom is -0.313 e. The zero-order valence-corrected chi connectivity index (χ0v) is 13.9. The molecule has 0 aromatic carbocycles. The van der Waals surface area contributed by atoms with Crippen LogP contribution in [0.15, 0.2) is 15.7 Å². The van der Waals surface area contributed by atoms with Crippen LogP contribution in [0.4, 0.5) is 0 Å². The van der Waals surface area contributed by atoms with Gasteiger partial charge in [0.1, 0.15) is 4.21 Å². The van der Waals surface area contributed by atoms with Gasteiger partial charge in [0, 0.05) is 12.1 Å². The largest absolute Gasteiger partial charge is 0.313 e. The first kappa shape index (κ1) is 15.9. The van der Waals surface area contributed by atoms with Crippen molar-refractivity contribution >= 4 is 21.4 Å². The number of rotatable bonds is 8. The first-order chi connectivity index (χ1) is 9.51. The lowest BCUT2D eigenvalue weighted by Gasteiger charge is -2.41. The van der Waals surface area contributed by atoms with E-state index in [0.29, 0.717) is 4.21 Å². The van der Waals surface area contributed by atoms with Crippen LogP contribution in [0, 0.1) is 0 Å². The molecular formula is C14H24N2O2S2. The second-order valence-corrected chi connectivity index (χ2v) is 8.36. The van der Waals surface area contributed by atoms with Gasteiger partial charge in [0.2, 0.25) is 0 Å². The van der Waals surface area contributed by atoms with Crippen LogP contribution in [0.5, 0.6) is 0 Å². The minimum absolute atomic E-state index is 0.191. The Labute approximate surface area is 126 Å². The third-order valence-electron chi connectivity index (χ3n) is 3.99. The molecule has 1 aromatic rings. The van der Waals surface area contributed by atoms with Crippen molar-refractivity contribution in [2.75, 3.05) is 6.54 Å². The molecule has 1 saturated carbocycles. The lowest BCUT2D eigenvalue weighted by Crippen LogP contribution is -2.52. The van der Waals surface area contributed by atoms with E-state index in [1.165, 1.54) is 11.3 Å². The van der Waals surface area contributed by atoms with Crippen molar-refractivity contribution in [2.45, 2.75) is 62.2 Å². The zero-order chi connectivity index (χ0) is 14.6. The van der Waals surface area contributed by atoms with E-state index < -0.39 is 10.0 Å². The summed E-state index contributed by atoms with van der Waals surface area (Å²) in [7, 11) is -3.36. The maximum absolute atomic E-state index is 12.4. The van der Waals surface area contributed by atoms with Crippen LogP contribution < -0.4 is 10.0 Å². The van der Waals surface area contributed by atoms with Crippen LogP contribution in [0.3, 0.4) is 0 Å². The monoisotopic (exact) mass is 316 g/mol. The third kappa shape index (κ3) is 3.61. The first-order valence-corrected chi connectivity index (χ1v) is 9.70. The average Bonchev–Trinajstić information content (AvgIpc) is 2.84. The smallest absolute Gasteiger partial charge is 0.250 e. The molecule has 2 N–H and O–H groups in total. The molecule has 0 bridgehead atoms. The fraction of sp³-hybridized carbons (Fsp3) is 0.714. The molecule has 0 radical (unpaired) electrons. The van der Waals surface area contributed by atoms with Crippen molar-refractivity contribution < 1.29 is 8.42 Å². The summed E-state index contributed by atoms with van der Waals surface area (Å²) in [4.78, 5) is 0. The third-order valence-corrected chi connectivity index (χ3v) is 7.06. The van der Waals surface area contributed by atoms with Crippen LogP contribution in [0.25, 0.3) is 0 Å². The Kier molecular flexibility index (Phi) is 5.23. The molecule has 0 amide bonds. The molecule has 114 valence electrons. The topological polar surface area (TPSA) is 58.2 Å². The molecule has 0 aliphatic heterocycles. The second kappa shape index (κ2) is 6.56. The zero-order valence-electron chi connectivity index (χ0n) is 12.2. The highest BCUT2D eigenvalue weighted by atomic mass is 32.2. The Morgan fingerprint density at radius 3 is 2.65 bits per heavy atom. The van der Waals surface area contributed by atoms with E-state index in [4.69, 9.17) is 0 Å². The van der Waals surface area contributed by atoms with Gasteiger partial charge in [-0.15, -0.1) is 11.3 Å². The molecule has 0 saturated heterocycles. The maximum Gasteiger partial charge on any atom is 0.250 e. The lowest BCUT2D eigenvalue weighted by atomic mass is 9.76. The van der Waals surface area contributed by atoms with Gasteiger partial charge in [-0.05, 0) is 55.7 Å². The number of hydrogen-bond acceptors (Lipinski definition) is 4. The van der Waals surface area contributed by atoms with Crippen LogP contribution in [-0.4, -0.2) is 20.5 Å². The standard InChI is InChI=1S/C14H24N2O2S2/c1-3-8-15-10-12-9-13(19-11-12)20(17,18)16-14(4-2)6-5-7-14/h9,11,15-16H,3-8,10H2,1-2H3. The molecule has 0 spiro atoms. The number of sulfonamides is 1. The van der Waals surface area contributed by atoms with E-state index in [-0.39, 0.29) is 5.54 Å². The maximum atomic E-state index is 12.4. The predicted molar refractivity (Wildman–Crippen MR) is 83.5 cm³/mol. The summed E-state index contributed by atoms with van der Waals surface area (Å²) in [6.45, 7) is 5.85. The molecule has 1 aliphatic carbocycles. The summed E-state index contributed by atoms with van der Waals surface area (Å²) in [6.07, 6.45) is 4.98. The number of thiophene rings is 1. The summed E-state index contributed by atoms with van der Waals surface area (Å²) < 4.78 is 28.2. The van der Waals surface area contributed by atoms with Crippen molar-refractivity contribution in [2.24, 2.45) is 0 Å². The van der Waals surface area contributed by atoms with Gasteiger partial charge in [0.15, 0.2) is 0 Å². The van der Waals surface area contributed by atoms with E-state index in [2.05, 4.69) is 23.9 Å². The van der Waals surface area contributed by atoms with Gasteiger partial charge in [-0.2, -0.15) is 0 Å². The molecule has 0 atom stereocenters. The summed E-state index contributed by atoms with van der Waals surface area (Å²) >= 11 is 1.31. The van der Waals surface area contributed by atoms with Crippen molar-refractivity contribution in [3.05, 3.63) is 17.0 Å². The van der Waals surface area contributed by atoms with Crippen molar-refractivity contribution in [1.29, 1.82) is 0 Å². The Morgan fingerprint density at radius 1 is 1.35 bits per heavy atom. The van der Waals surface area contributed by atoms with Crippen LogP contribution >= 0.6 is 11.3 Å². The van der Waals surface area contributed by atoms with E-state index in [0.717, 1.165) is 50.8 Å². The quantitative estimate of drug-likeness (QED) is 0.725. The molecule has 0 unspecified atom stereocenters. The Hall–Kier alpha value is -0.430. The Balaban J connectivity index is 2.02. The summed E-state index contributed by atoms with van der Waals surface area (Å²) in [5.41, 5.74) is 0.853. The molecular weight excluding hydrogens is 292 g/mol. The molecule has 1 heterocycles. The highest BCUT2D eigenvalue weighted by molar-refractivity contribution is 7.91. The second-order valence-electron chi connectivity index (χ2n) is 5.54. The summed E-state index contributed by atoms with van der Waals surface area (Å²) in [5.74, 6) is 0.